The summed E-state index contributed by atoms with van der Waals surface area (Å²) in [5.74, 6) is 1.75. The Hall–Kier alpha value is -4.39. The number of aryl methyl sites for hydroxylation is 1. The van der Waals surface area contributed by atoms with Crippen molar-refractivity contribution in [3.8, 4) is 5.75 Å². The first kappa shape index (κ1) is 23.8. The normalized spacial score (nSPS) is 11.4. The Bertz CT molecular complexity index is 1260. The summed E-state index contributed by atoms with van der Waals surface area (Å²) in [6.07, 6.45) is 0.729. The van der Waals surface area contributed by atoms with Crippen molar-refractivity contribution >= 4 is 34.7 Å². The number of carbonyl (C=O) groups is 1. The van der Waals surface area contributed by atoms with E-state index in [-0.39, 0.29) is 11.8 Å². The van der Waals surface area contributed by atoms with Gasteiger partial charge in [0, 0.05) is 28.8 Å². The van der Waals surface area contributed by atoms with Gasteiger partial charge in [0.15, 0.2) is 0 Å². The first-order valence-corrected chi connectivity index (χ1v) is 11.5. The molecule has 7 nitrogen and oxygen atoms in total. The van der Waals surface area contributed by atoms with Gasteiger partial charge in [0.2, 0.25) is 11.9 Å². The van der Waals surface area contributed by atoms with Crippen molar-refractivity contribution < 1.29 is 9.53 Å². The quantitative estimate of drug-likeness (QED) is 0.263. The molecular weight excluding hydrogens is 438 g/mol. The lowest BCUT2D eigenvalue weighted by atomic mass is 9.95. The van der Waals surface area contributed by atoms with E-state index in [0.29, 0.717) is 11.8 Å². The number of carbonyl (C=O) groups excluding carboxylic acids is 1. The van der Waals surface area contributed by atoms with Gasteiger partial charge in [-0.1, -0.05) is 37.3 Å². The fourth-order valence-electron chi connectivity index (χ4n) is 3.76. The highest BCUT2D eigenvalue weighted by atomic mass is 16.5. The number of aromatic nitrogens is 2. The molecule has 0 saturated heterocycles. The number of methoxy groups -OCH3 is 1. The molecule has 3 N–H and O–H groups in total. The third kappa shape index (κ3) is 6.35. The first-order chi connectivity index (χ1) is 17.0. The van der Waals surface area contributed by atoms with Gasteiger partial charge in [-0.2, -0.15) is 4.98 Å². The van der Waals surface area contributed by atoms with Crippen LogP contribution in [-0.2, 0) is 4.79 Å². The molecule has 1 amide bonds. The average molecular weight is 468 g/mol. The molecule has 4 aromatic rings. The van der Waals surface area contributed by atoms with E-state index in [1.54, 1.807) is 7.11 Å². The monoisotopic (exact) mass is 467 g/mol. The summed E-state index contributed by atoms with van der Waals surface area (Å²) >= 11 is 0. The van der Waals surface area contributed by atoms with Crippen LogP contribution < -0.4 is 20.7 Å². The van der Waals surface area contributed by atoms with E-state index < -0.39 is 0 Å². The smallest absolute Gasteiger partial charge is 0.231 e. The van der Waals surface area contributed by atoms with Crippen LogP contribution in [0.5, 0.6) is 5.75 Å². The second-order valence-electron chi connectivity index (χ2n) is 8.13. The minimum absolute atomic E-state index is 0.0179. The highest BCUT2D eigenvalue weighted by molar-refractivity contribution is 5.96. The van der Waals surface area contributed by atoms with Gasteiger partial charge in [-0.15, -0.1) is 0 Å². The number of ether oxygens (including phenoxy) is 1. The first-order valence-electron chi connectivity index (χ1n) is 11.5. The molecule has 3 aromatic carbocycles. The van der Waals surface area contributed by atoms with Crippen molar-refractivity contribution in [1.29, 1.82) is 0 Å². The van der Waals surface area contributed by atoms with Gasteiger partial charge in [-0.05, 0) is 67.4 Å². The predicted octanol–water partition coefficient (Wildman–Crippen LogP) is 6.41. The topological polar surface area (TPSA) is 88.2 Å². The van der Waals surface area contributed by atoms with Crippen LogP contribution in [0.25, 0.3) is 0 Å². The molecule has 0 aliphatic heterocycles. The second kappa shape index (κ2) is 11.2. The van der Waals surface area contributed by atoms with Crippen molar-refractivity contribution in [2.75, 3.05) is 23.1 Å². The maximum atomic E-state index is 12.8. The standard InChI is InChI=1S/C28H29N5O2/c1-4-25(20-8-6-5-7-9-20)27(34)31-22-10-12-23(13-11-22)32-28-29-19(2)18-26(33-28)30-21-14-16-24(35-3)17-15-21/h5-18,25H,4H2,1-3H3,(H,31,34)(H2,29,30,32,33)/t25-/m1/s1. The molecule has 0 radical (unpaired) electrons. The molecule has 35 heavy (non-hydrogen) atoms. The molecule has 0 fully saturated rings. The summed E-state index contributed by atoms with van der Waals surface area (Å²) in [6, 6.07) is 26.9. The van der Waals surface area contributed by atoms with Crippen LogP contribution >= 0.6 is 0 Å². The molecule has 0 spiro atoms. The molecule has 0 unspecified atom stereocenters. The summed E-state index contributed by atoms with van der Waals surface area (Å²) in [6.45, 7) is 3.94. The average Bonchev–Trinajstić information content (AvgIpc) is 2.86. The molecule has 0 bridgehead atoms. The van der Waals surface area contributed by atoms with Crippen LogP contribution in [-0.4, -0.2) is 23.0 Å². The van der Waals surface area contributed by atoms with Gasteiger partial charge in [-0.3, -0.25) is 4.79 Å². The van der Waals surface area contributed by atoms with E-state index in [2.05, 4.69) is 25.9 Å². The third-order valence-corrected chi connectivity index (χ3v) is 5.55. The largest absolute Gasteiger partial charge is 0.497 e. The Morgan fingerprint density at radius 2 is 1.49 bits per heavy atom. The summed E-state index contributed by atoms with van der Waals surface area (Å²) in [7, 11) is 1.64. The zero-order valence-corrected chi connectivity index (χ0v) is 20.1. The Morgan fingerprint density at radius 1 is 0.857 bits per heavy atom. The van der Waals surface area contributed by atoms with Crippen LogP contribution in [0.15, 0.2) is 84.9 Å². The number of hydrogen-bond acceptors (Lipinski definition) is 6. The molecule has 4 rings (SSSR count). The lowest BCUT2D eigenvalue weighted by Crippen LogP contribution is -2.20. The van der Waals surface area contributed by atoms with Gasteiger partial charge < -0.3 is 20.7 Å². The minimum atomic E-state index is -0.189. The predicted molar refractivity (Wildman–Crippen MR) is 141 cm³/mol. The van der Waals surface area contributed by atoms with E-state index in [1.807, 2.05) is 98.8 Å². The molecule has 0 aliphatic carbocycles. The van der Waals surface area contributed by atoms with Gasteiger partial charge in [-0.25, -0.2) is 4.98 Å². The molecule has 1 heterocycles. The number of rotatable bonds is 9. The van der Waals surface area contributed by atoms with Crippen LogP contribution in [0.2, 0.25) is 0 Å². The summed E-state index contributed by atoms with van der Waals surface area (Å²) in [5.41, 5.74) is 4.30. The van der Waals surface area contributed by atoms with Crippen LogP contribution in [0.4, 0.5) is 28.8 Å². The molecule has 1 atom stereocenters. The fourth-order valence-corrected chi connectivity index (χ4v) is 3.76. The zero-order chi connectivity index (χ0) is 24.6. The molecule has 0 saturated carbocycles. The van der Waals surface area contributed by atoms with E-state index in [9.17, 15) is 4.79 Å². The third-order valence-electron chi connectivity index (χ3n) is 5.55. The van der Waals surface area contributed by atoms with E-state index in [4.69, 9.17) is 4.74 Å². The number of anilines is 5. The second-order valence-corrected chi connectivity index (χ2v) is 8.13. The number of nitrogens with one attached hydrogen (secondary N) is 3. The summed E-state index contributed by atoms with van der Waals surface area (Å²) < 4.78 is 5.20. The van der Waals surface area contributed by atoms with Gasteiger partial charge in [0.05, 0.1) is 13.0 Å². The highest BCUT2D eigenvalue weighted by Crippen LogP contribution is 2.24. The highest BCUT2D eigenvalue weighted by Gasteiger charge is 2.18. The van der Waals surface area contributed by atoms with Crippen LogP contribution in [0.1, 0.15) is 30.5 Å². The molecule has 1 aromatic heterocycles. The van der Waals surface area contributed by atoms with E-state index in [1.165, 1.54) is 0 Å². The molecular formula is C28H29N5O2. The molecule has 7 heteroatoms. The van der Waals surface area contributed by atoms with Gasteiger partial charge in [0.1, 0.15) is 11.6 Å². The maximum Gasteiger partial charge on any atom is 0.231 e. The van der Waals surface area contributed by atoms with Crippen molar-refractivity contribution in [1.82, 2.24) is 9.97 Å². The number of amides is 1. The van der Waals surface area contributed by atoms with Crippen molar-refractivity contribution in [2.45, 2.75) is 26.2 Å². The van der Waals surface area contributed by atoms with Crippen LogP contribution in [0, 0.1) is 6.92 Å². The number of nitrogens with zero attached hydrogens (tertiary/aromatic N) is 2. The summed E-state index contributed by atoms with van der Waals surface area (Å²) in [4.78, 5) is 21.9. The Balaban J connectivity index is 1.41. The Morgan fingerprint density at radius 3 is 2.14 bits per heavy atom. The van der Waals surface area contributed by atoms with Gasteiger partial charge >= 0.3 is 0 Å². The maximum absolute atomic E-state index is 12.8. The van der Waals surface area contributed by atoms with Crippen molar-refractivity contribution in [2.24, 2.45) is 0 Å². The lowest BCUT2D eigenvalue weighted by molar-refractivity contribution is -0.117. The molecule has 178 valence electrons. The van der Waals surface area contributed by atoms with E-state index >= 15 is 0 Å². The number of benzene rings is 3. The zero-order valence-electron chi connectivity index (χ0n) is 20.1. The lowest BCUT2D eigenvalue weighted by Gasteiger charge is -2.16. The Labute approximate surface area is 205 Å². The van der Waals surface area contributed by atoms with E-state index in [0.717, 1.165) is 40.5 Å². The number of hydrogen-bond donors (Lipinski definition) is 3. The minimum Gasteiger partial charge on any atom is -0.497 e. The Kier molecular flexibility index (Phi) is 7.57. The van der Waals surface area contributed by atoms with Gasteiger partial charge in [0.25, 0.3) is 0 Å². The fraction of sp³-hybridized carbons (Fsp3) is 0.179. The van der Waals surface area contributed by atoms with Crippen LogP contribution in [0.3, 0.4) is 0 Å². The van der Waals surface area contributed by atoms with Crippen molar-refractivity contribution in [3.63, 3.8) is 0 Å². The SMILES string of the molecule is CC[C@@H](C(=O)Nc1ccc(Nc2nc(C)cc(Nc3ccc(OC)cc3)n2)cc1)c1ccccc1. The van der Waals surface area contributed by atoms with Crippen molar-refractivity contribution in [3.05, 3.63) is 96.2 Å². The summed E-state index contributed by atoms with van der Waals surface area (Å²) in [5, 5.41) is 9.54. The molecule has 0 aliphatic rings.